The third-order valence-corrected chi connectivity index (χ3v) is 3.24. The Bertz CT molecular complexity index is 419. The second kappa shape index (κ2) is 4.48. The van der Waals surface area contributed by atoms with E-state index in [0.29, 0.717) is 5.75 Å². The van der Waals surface area contributed by atoms with Crippen LogP contribution in [0, 0.1) is 0 Å². The summed E-state index contributed by atoms with van der Waals surface area (Å²) < 4.78 is 39.5. The first-order chi connectivity index (χ1) is 7.94. The first-order valence-corrected chi connectivity index (χ1v) is 5.75. The Balaban J connectivity index is 2.05. The fourth-order valence-electron chi connectivity index (χ4n) is 1.41. The number of carbonyl (C=O) groups is 1. The zero-order valence-corrected chi connectivity index (χ0v) is 9.27. The molecule has 1 fully saturated rings. The number of alkyl halides is 3. The average Bonchev–Trinajstić information content (AvgIpc) is 2.63. The molecule has 7 heteroatoms. The number of carbonyl (C=O) groups excluding carboxylic acids is 1. The number of hydrogen-bond acceptors (Lipinski definition) is 3. The topological polar surface area (TPSA) is 38.3 Å². The van der Waals surface area contributed by atoms with Crippen molar-refractivity contribution in [2.45, 2.75) is 11.7 Å². The Morgan fingerprint density at radius 3 is 2.41 bits per heavy atom. The molecule has 17 heavy (non-hydrogen) atoms. The molecule has 1 N–H and O–H groups in total. The number of benzene rings is 1. The van der Waals surface area contributed by atoms with E-state index in [9.17, 15) is 18.0 Å². The van der Waals surface area contributed by atoms with Crippen molar-refractivity contribution < 1.29 is 22.7 Å². The highest BCUT2D eigenvalue weighted by atomic mass is 32.2. The molecule has 1 unspecified atom stereocenters. The summed E-state index contributed by atoms with van der Waals surface area (Å²) >= 11 is 1.40. The molecule has 1 heterocycles. The lowest BCUT2D eigenvalue weighted by Crippen LogP contribution is -2.19. The van der Waals surface area contributed by atoms with Crippen molar-refractivity contribution in [3.8, 4) is 5.75 Å². The molecule has 0 saturated carbocycles. The third-order valence-electron chi connectivity index (χ3n) is 2.09. The van der Waals surface area contributed by atoms with Gasteiger partial charge in [0.2, 0.25) is 5.91 Å². The monoisotopic (exact) mass is 263 g/mol. The fraction of sp³-hybridized carbons (Fsp3) is 0.300. The van der Waals surface area contributed by atoms with Crippen LogP contribution in [0.25, 0.3) is 0 Å². The normalized spacial score (nSPS) is 20.2. The van der Waals surface area contributed by atoms with Crippen molar-refractivity contribution >= 4 is 17.7 Å². The first-order valence-electron chi connectivity index (χ1n) is 4.71. The second-order valence-electron chi connectivity index (χ2n) is 3.38. The maximum Gasteiger partial charge on any atom is 0.573 e. The van der Waals surface area contributed by atoms with Crippen molar-refractivity contribution in [3.05, 3.63) is 29.8 Å². The highest BCUT2D eigenvalue weighted by molar-refractivity contribution is 8.00. The van der Waals surface area contributed by atoms with Crippen LogP contribution in [0.2, 0.25) is 0 Å². The van der Waals surface area contributed by atoms with E-state index in [0.717, 1.165) is 5.56 Å². The van der Waals surface area contributed by atoms with Gasteiger partial charge in [-0.15, -0.1) is 24.9 Å². The van der Waals surface area contributed by atoms with Crippen molar-refractivity contribution in [1.82, 2.24) is 5.32 Å². The number of hydrogen-bond donors (Lipinski definition) is 1. The van der Waals surface area contributed by atoms with E-state index in [4.69, 9.17) is 0 Å². The maximum absolute atomic E-state index is 11.9. The van der Waals surface area contributed by atoms with Gasteiger partial charge in [-0.25, -0.2) is 0 Å². The molecular formula is C10H8F3NO2S. The Kier molecular flexibility index (Phi) is 3.19. The van der Waals surface area contributed by atoms with Crippen LogP contribution in [0.5, 0.6) is 5.75 Å². The van der Waals surface area contributed by atoms with Gasteiger partial charge in [-0.05, 0) is 17.7 Å². The van der Waals surface area contributed by atoms with Gasteiger partial charge in [0.25, 0.3) is 0 Å². The second-order valence-corrected chi connectivity index (χ2v) is 4.47. The summed E-state index contributed by atoms with van der Waals surface area (Å²) in [4.78, 5) is 11.0. The van der Waals surface area contributed by atoms with Crippen LogP contribution >= 0.6 is 11.8 Å². The van der Waals surface area contributed by atoms with E-state index in [1.165, 1.54) is 36.0 Å². The first kappa shape index (κ1) is 12.1. The molecule has 1 atom stereocenters. The average molecular weight is 263 g/mol. The summed E-state index contributed by atoms with van der Waals surface area (Å²) in [6, 6.07) is 5.47. The standard InChI is InChI=1S/C10H8F3NO2S/c11-10(12,13)16-7-3-1-6(2-4-7)9-14-8(15)5-17-9/h1-4,9H,5H2,(H,14,15). The number of ether oxygens (including phenoxy) is 1. The summed E-state index contributed by atoms with van der Waals surface area (Å²) in [6.45, 7) is 0. The van der Waals surface area contributed by atoms with Gasteiger partial charge in [-0.2, -0.15) is 0 Å². The van der Waals surface area contributed by atoms with Gasteiger partial charge in [0.05, 0.1) is 5.75 Å². The lowest BCUT2D eigenvalue weighted by atomic mass is 10.2. The largest absolute Gasteiger partial charge is 0.573 e. The zero-order chi connectivity index (χ0) is 12.5. The quantitative estimate of drug-likeness (QED) is 0.890. The van der Waals surface area contributed by atoms with Gasteiger partial charge >= 0.3 is 6.36 Å². The highest BCUT2D eigenvalue weighted by Gasteiger charge is 2.31. The van der Waals surface area contributed by atoms with Crippen LogP contribution < -0.4 is 10.1 Å². The summed E-state index contributed by atoms with van der Waals surface area (Å²) in [6.07, 6.45) is -4.68. The van der Waals surface area contributed by atoms with E-state index in [1.807, 2.05) is 0 Å². The van der Waals surface area contributed by atoms with Crippen LogP contribution in [0.15, 0.2) is 24.3 Å². The molecule has 3 nitrogen and oxygen atoms in total. The minimum Gasteiger partial charge on any atom is -0.406 e. The zero-order valence-electron chi connectivity index (χ0n) is 8.45. The molecule has 92 valence electrons. The molecular weight excluding hydrogens is 255 g/mol. The summed E-state index contributed by atoms with van der Waals surface area (Å²) in [5, 5.41) is 2.51. The van der Waals surface area contributed by atoms with Crippen molar-refractivity contribution in [3.63, 3.8) is 0 Å². The number of nitrogens with one attached hydrogen (secondary N) is 1. The molecule has 1 saturated heterocycles. The third kappa shape index (κ3) is 3.29. The predicted octanol–water partition coefficient (Wildman–Crippen LogP) is 2.45. The summed E-state index contributed by atoms with van der Waals surface area (Å²) in [5.41, 5.74) is 0.746. The Labute approximate surface area is 99.3 Å². The maximum atomic E-state index is 11.9. The summed E-state index contributed by atoms with van der Waals surface area (Å²) in [7, 11) is 0. The lowest BCUT2D eigenvalue weighted by Gasteiger charge is -2.12. The van der Waals surface area contributed by atoms with Gasteiger partial charge in [0.1, 0.15) is 11.1 Å². The molecule has 0 spiro atoms. The number of thioether (sulfide) groups is 1. The molecule has 2 rings (SSSR count). The predicted molar refractivity (Wildman–Crippen MR) is 56.5 cm³/mol. The van der Waals surface area contributed by atoms with Gasteiger partial charge in [0, 0.05) is 0 Å². The van der Waals surface area contributed by atoms with E-state index in [1.54, 1.807) is 0 Å². The molecule has 1 aliphatic heterocycles. The smallest absolute Gasteiger partial charge is 0.406 e. The van der Waals surface area contributed by atoms with Crippen LogP contribution in [-0.4, -0.2) is 18.0 Å². The van der Waals surface area contributed by atoms with Crippen molar-refractivity contribution in [1.29, 1.82) is 0 Å². The van der Waals surface area contributed by atoms with Crippen LogP contribution in [0.3, 0.4) is 0 Å². The number of amides is 1. The molecule has 0 aromatic heterocycles. The van der Waals surface area contributed by atoms with Gasteiger partial charge < -0.3 is 10.1 Å². The number of halogens is 3. The minimum absolute atomic E-state index is 0.0735. The lowest BCUT2D eigenvalue weighted by molar-refractivity contribution is -0.274. The Hall–Kier alpha value is -1.37. The Morgan fingerprint density at radius 2 is 1.94 bits per heavy atom. The summed E-state index contributed by atoms with van der Waals surface area (Å²) in [5.74, 6) is 0.0250. The molecule has 0 aliphatic carbocycles. The SMILES string of the molecule is O=C1CSC(c2ccc(OC(F)(F)F)cc2)N1. The highest BCUT2D eigenvalue weighted by Crippen LogP contribution is 2.32. The van der Waals surface area contributed by atoms with Gasteiger partial charge in [0.15, 0.2) is 0 Å². The molecule has 1 aliphatic rings. The fourth-order valence-corrected chi connectivity index (χ4v) is 2.38. The Morgan fingerprint density at radius 1 is 1.29 bits per heavy atom. The van der Waals surface area contributed by atoms with Crippen LogP contribution in [0.4, 0.5) is 13.2 Å². The molecule has 0 bridgehead atoms. The molecule has 1 amide bonds. The van der Waals surface area contributed by atoms with E-state index in [-0.39, 0.29) is 17.0 Å². The van der Waals surface area contributed by atoms with Gasteiger partial charge in [-0.3, -0.25) is 4.79 Å². The van der Waals surface area contributed by atoms with Crippen molar-refractivity contribution in [2.75, 3.05) is 5.75 Å². The number of rotatable bonds is 2. The van der Waals surface area contributed by atoms with E-state index < -0.39 is 6.36 Å². The van der Waals surface area contributed by atoms with Gasteiger partial charge in [-0.1, -0.05) is 12.1 Å². The van der Waals surface area contributed by atoms with E-state index >= 15 is 0 Å². The van der Waals surface area contributed by atoms with E-state index in [2.05, 4.69) is 10.1 Å². The molecule has 1 aromatic carbocycles. The van der Waals surface area contributed by atoms with Crippen LogP contribution in [-0.2, 0) is 4.79 Å². The van der Waals surface area contributed by atoms with Crippen LogP contribution in [0.1, 0.15) is 10.9 Å². The molecule has 1 aromatic rings. The molecule has 0 radical (unpaired) electrons. The van der Waals surface area contributed by atoms with Crippen molar-refractivity contribution in [2.24, 2.45) is 0 Å². The minimum atomic E-state index is -4.68.